The number of aliphatic hydroxyl groups is 1. The summed E-state index contributed by atoms with van der Waals surface area (Å²) in [7, 11) is 0. The number of aliphatic imine (C=N–C) groups is 1. The SMILES string of the molecule is CCNC(=NCc1ccc(N2CCC(O)CC2)c(F)c1)NCc1ccccc1C.I. The van der Waals surface area contributed by atoms with E-state index in [-0.39, 0.29) is 35.9 Å². The van der Waals surface area contributed by atoms with Crippen molar-refractivity contribution in [2.24, 2.45) is 4.99 Å². The Labute approximate surface area is 195 Å². The molecule has 1 aliphatic heterocycles. The Balaban J connectivity index is 0.00000320. The van der Waals surface area contributed by atoms with Gasteiger partial charge in [0.2, 0.25) is 0 Å². The molecule has 1 fully saturated rings. The van der Waals surface area contributed by atoms with Crippen LogP contribution in [0.4, 0.5) is 10.1 Å². The van der Waals surface area contributed by atoms with Gasteiger partial charge < -0.3 is 20.6 Å². The molecule has 1 saturated heterocycles. The molecular weight excluding hydrogens is 494 g/mol. The van der Waals surface area contributed by atoms with Crippen molar-refractivity contribution in [3.8, 4) is 0 Å². The van der Waals surface area contributed by atoms with Crippen molar-refractivity contribution in [3.63, 3.8) is 0 Å². The Morgan fingerprint density at radius 3 is 2.57 bits per heavy atom. The Hall–Kier alpha value is -1.87. The van der Waals surface area contributed by atoms with Crippen LogP contribution >= 0.6 is 24.0 Å². The summed E-state index contributed by atoms with van der Waals surface area (Å²) in [6.45, 7) is 7.33. The molecule has 1 heterocycles. The molecular formula is C23H32FIN4O. The largest absolute Gasteiger partial charge is 0.393 e. The minimum Gasteiger partial charge on any atom is -0.393 e. The van der Waals surface area contributed by atoms with Gasteiger partial charge in [-0.1, -0.05) is 30.3 Å². The highest BCUT2D eigenvalue weighted by atomic mass is 127. The average Bonchev–Trinajstić information content (AvgIpc) is 2.72. The first-order valence-corrected chi connectivity index (χ1v) is 10.3. The van der Waals surface area contributed by atoms with E-state index in [1.165, 1.54) is 11.1 Å². The molecule has 164 valence electrons. The maximum absolute atomic E-state index is 14.6. The number of rotatable bonds is 6. The van der Waals surface area contributed by atoms with Crippen LogP contribution in [0.3, 0.4) is 0 Å². The lowest BCUT2D eigenvalue weighted by Gasteiger charge is -2.31. The topological polar surface area (TPSA) is 59.9 Å². The summed E-state index contributed by atoms with van der Waals surface area (Å²) in [5, 5.41) is 16.2. The normalized spacial score (nSPS) is 14.9. The van der Waals surface area contributed by atoms with E-state index in [0.29, 0.717) is 50.7 Å². The molecule has 0 radical (unpaired) electrons. The molecule has 0 amide bonds. The van der Waals surface area contributed by atoms with Crippen LogP contribution in [0.15, 0.2) is 47.5 Å². The van der Waals surface area contributed by atoms with Gasteiger partial charge in [-0.25, -0.2) is 9.38 Å². The first-order valence-electron chi connectivity index (χ1n) is 10.3. The van der Waals surface area contributed by atoms with Gasteiger partial charge in [0.15, 0.2) is 5.96 Å². The van der Waals surface area contributed by atoms with E-state index in [1.54, 1.807) is 6.07 Å². The molecule has 0 saturated carbocycles. The lowest BCUT2D eigenvalue weighted by atomic mass is 10.1. The lowest BCUT2D eigenvalue weighted by Crippen LogP contribution is -2.37. The van der Waals surface area contributed by atoms with Crippen LogP contribution in [0.2, 0.25) is 0 Å². The van der Waals surface area contributed by atoms with E-state index < -0.39 is 0 Å². The van der Waals surface area contributed by atoms with Gasteiger partial charge in [0, 0.05) is 26.2 Å². The van der Waals surface area contributed by atoms with Crippen LogP contribution in [0.1, 0.15) is 36.5 Å². The summed E-state index contributed by atoms with van der Waals surface area (Å²) in [5.41, 5.74) is 3.89. The van der Waals surface area contributed by atoms with Crippen LogP contribution in [-0.2, 0) is 13.1 Å². The van der Waals surface area contributed by atoms with Gasteiger partial charge in [-0.2, -0.15) is 0 Å². The molecule has 0 aromatic heterocycles. The molecule has 2 aromatic rings. The second-order valence-electron chi connectivity index (χ2n) is 7.48. The van der Waals surface area contributed by atoms with Gasteiger partial charge in [0.05, 0.1) is 18.3 Å². The monoisotopic (exact) mass is 526 g/mol. The zero-order valence-electron chi connectivity index (χ0n) is 17.7. The third-order valence-corrected chi connectivity index (χ3v) is 5.29. The van der Waals surface area contributed by atoms with E-state index in [9.17, 15) is 9.50 Å². The molecule has 7 heteroatoms. The number of guanidine groups is 1. The quantitative estimate of drug-likeness (QED) is 0.303. The standard InChI is InChI=1S/C23H31FN4O.HI/c1-3-25-23(27-16-19-7-5-4-6-17(19)2)26-15-18-8-9-22(21(24)14-18)28-12-10-20(29)11-13-28;/h4-9,14,20,29H,3,10-13,15-16H2,1-2H3,(H2,25,26,27);1H. The highest BCUT2D eigenvalue weighted by Crippen LogP contribution is 2.24. The minimum atomic E-state index is -0.264. The Kier molecular flexibility index (Phi) is 9.84. The maximum atomic E-state index is 14.6. The van der Waals surface area contributed by atoms with Gasteiger partial charge in [0.25, 0.3) is 0 Å². The molecule has 3 rings (SSSR count). The number of nitrogens with one attached hydrogen (secondary N) is 2. The van der Waals surface area contributed by atoms with Crippen molar-refractivity contribution in [1.82, 2.24) is 10.6 Å². The molecule has 0 atom stereocenters. The summed E-state index contributed by atoms with van der Waals surface area (Å²) in [6.07, 6.45) is 1.10. The molecule has 0 bridgehead atoms. The van der Waals surface area contributed by atoms with E-state index in [0.717, 1.165) is 12.1 Å². The van der Waals surface area contributed by atoms with Crippen LogP contribution in [-0.4, -0.2) is 36.8 Å². The first-order chi connectivity index (χ1) is 14.1. The number of hydrogen-bond donors (Lipinski definition) is 3. The van der Waals surface area contributed by atoms with E-state index in [4.69, 9.17) is 0 Å². The molecule has 0 spiro atoms. The summed E-state index contributed by atoms with van der Waals surface area (Å²) in [4.78, 5) is 6.61. The van der Waals surface area contributed by atoms with Gasteiger partial charge >= 0.3 is 0 Å². The fourth-order valence-electron chi connectivity index (χ4n) is 3.51. The minimum absolute atomic E-state index is 0. The highest BCUT2D eigenvalue weighted by molar-refractivity contribution is 14.0. The Morgan fingerprint density at radius 1 is 1.17 bits per heavy atom. The molecule has 5 nitrogen and oxygen atoms in total. The number of piperidine rings is 1. The van der Waals surface area contributed by atoms with Crippen molar-refractivity contribution >= 4 is 35.6 Å². The van der Waals surface area contributed by atoms with Crippen molar-refractivity contribution in [2.75, 3.05) is 24.5 Å². The Morgan fingerprint density at radius 2 is 1.90 bits per heavy atom. The average molecular weight is 526 g/mol. The Bertz CT molecular complexity index is 838. The number of hydrogen-bond acceptors (Lipinski definition) is 3. The number of aliphatic hydroxyl groups excluding tert-OH is 1. The van der Waals surface area contributed by atoms with Crippen LogP contribution < -0.4 is 15.5 Å². The summed E-state index contributed by atoms with van der Waals surface area (Å²) in [6, 6.07) is 13.6. The van der Waals surface area contributed by atoms with Crippen LogP contribution in [0.5, 0.6) is 0 Å². The summed E-state index contributed by atoms with van der Waals surface area (Å²) < 4.78 is 14.6. The van der Waals surface area contributed by atoms with Crippen LogP contribution in [0, 0.1) is 12.7 Å². The van der Waals surface area contributed by atoms with Gasteiger partial charge in [-0.15, -0.1) is 24.0 Å². The van der Waals surface area contributed by atoms with Gasteiger partial charge in [0.1, 0.15) is 5.82 Å². The third-order valence-electron chi connectivity index (χ3n) is 5.29. The van der Waals surface area contributed by atoms with Gasteiger partial charge in [-0.05, 0) is 55.5 Å². The van der Waals surface area contributed by atoms with Crippen molar-refractivity contribution in [2.45, 2.75) is 45.9 Å². The lowest BCUT2D eigenvalue weighted by molar-refractivity contribution is 0.145. The number of nitrogens with zero attached hydrogens (tertiary/aromatic N) is 2. The number of halogens is 2. The molecule has 3 N–H and O–H groups in total. The molecule has 2 aromatic carbocycles. The van der Waals surface area contributed by atoms with Gasteiger partial charge in [-0.3, -0.25) is 0 Å². The zero-order valence-corrected chi connectivity index (χ0v) is 20.0. The fraction of sp³-hybridized carbons (Fsp3) is 0.435. The summed E-state index contributed by atoms with van der Waals surface area (Å²) >= 11 is 0. The smallest absolute Gasteiger partial charge is 0.191 e. The first kappa shape index (κ1) is 24.4. The second-order valence-corrected chi connectivity index (χ2v) is 7.48. The highest BCUT2D eigenvalue weighted by Gasteiger charge is 2.19. The second kappa shape index (κ2) is 12.1. The molecule has 30 heavy (non-hydrogen) atoms. The summed E-state index contributed by atoms with van der Waals surface area (Å²) in [5.74, 6) is 0.484. The fourth-order valence-corrected chi connectivity index (χ4v) is 3.51. The number of benzene rings is 2. The number of aryl methyl sites for hydroxylation is 1. The zero-order chi connectivity index (χ0) is 20.6. The van der Waals surface area contributed by atoms with E-state index >= 15 is 0 Å². The van der Waals surface area contributed by atoms with E-state index in [2.05, 4.69) is 34.7 Å². The van der Waals surface area contributed by atoms with Crippen molar-refractivity contribution in [1.29, 1.82) is 0 Å². The third kappa shape index (κ3) is 6.84. The van der Waals surface area contributed by atoms with Crippen LogP contribution in [0.25, 0.3) is 0 Å². The maximum Gasteiger partial charge on any atom is 0.191 e. The predicted molar refractivity (Wildman–Crippen MR) is 132 cm³/mol. The van der Waals surface area contributed by atoms with E-state index in [1.807, 2.05) is 36.1 Å². The molecule has 1 aliphatic rings. The molecule has 0 aliphatic carbocycles. The van der Waals surface area contributed by atoms with Crippen molar-refractivity contribution in [3.05, 3.63) is 65.0 Å². The molecule has 0 unspecified atom stereocenters. The van der Waals surface area contributed by atoms with Crippen molar-refractivity contribution < 1.29 is 9.50 Å². The predicted octanol–water partition coefficient (Wildman–Crippen LogP) is 3.97. The number of anilines is 1.